The van der Waals surface area contributed by atoms with Gasteiger partial charge < -0.3 is 10.3 Å². The van der Waals surface area contributed by atoms with Crippen molar-refractivity contribution in [2.75, 3.05) is 25.1 Å². The summed E-state index contributed by atoms with van der Waals surface area (Å²) in [7, 11) is 0. The van der Waals surface area contributed by atoms with E-state index in [2.05, 4.69) is 20.3 Å². The minimum atomic E-state index is -2.25. The normalized spacial score (nSPS) is 18.8. The summed E-state index contributed by atoms with van der Waals surface area (Å²) in [5.41, 5.74) is 2.61. The van der Waals surface area contributed by atoms with Gasteiger partial charge in [-0.3, -0.25) is 13.6 Å². The molecule has 1 saturated heterocycles. The van der Waals surface area contributed by atoms with Crippen LogP contribution in [-0.4, -0.2) is 54.5 Å². The molecule has 0 saturated carbocycles. The van der Waals surface area contributed by atoms with E-state index < -0.39 is 11.4 Å². The highest BCUT2D eigenvalue weighted by molar-refractivity contribution is 7.74. The highest BCUT2D eigenvalue weighted by Gasteiger charge is 2.24. The number of aromatic nitrogens is 3. The third kappa shape index (κ3) is 4.12. The van der Waals surface area contributed by atoms with Gasteiger partial charge in [0.15, 0.2) is 0 Å². The van der Waals surface area contributed by atoms with E-state index in [1.165, 1.54) is 0 Å². The molecule has 1 aliphatic rings. The third-order valence-electron chi connectivity index (χ3n) is 4.53. The number of nitrogens with one attached hydrogen (secondary N) is 2. The zero-order valence-corrected chi connectivity index (χ0v) is 15.8. The smallest absolute Gasteiger partial charge is 0.303 e. The molecule has 0 bridgehead atoms. The maximum Gasteiger partial charge on any atom is 0.303 e. The first-order chi connectivity index (χ1) is 13.1. The van der Waals surface area contributed by atoms with Gasteiger partial charge in [0, 0.05) is 41.8 Å². The lowest BCUT2D eigenvalue weighted by atomic mass is 10.1. The van der Waals surface area contributed by atoms with Crippen LogP contribution in [0.15, 0.2) is 36.7 Å². The van der Waals surface area contributed by atoms with E-state index in [0.29, 0.717) is 23.2 Å². The molecule has 1 aliphatic heterocycles. The van der Waals surface area contributed by atoms with Gasteiger partial charge in [0.25, 0.3) is 0 Å². The number of rotatable bonds is 6. The van der Waals surface area contributed by atoms with Crippen LogP contribution in [-0.2, 0) is 15.5 Å². The zero-order valence-electron chi connectivity index (χ0n) is 14.3. The maximum atomic E-state index is 10.6. The summed E-state index contributed by atoms with van der Waals surface area (Å²) in [5, 5.41) is 4.84. The zero-order chi connectivity index (χ0) is 18.8. The number of fused-ring (bicyclic) bond motifs is 1. The Morgan fingerprint density at radius 1 is 1.44 bits per heavy atom. The summed E-state index contributed by atoms with van der Waals surface area (Å²) in [4.78, 5) is 14.1. The van der Waals surface area contributed by atoms with Gasteiger partial charge in [-0.05, 0) is 12.5 Å². The molecular formula is C17H18ClN5O3S. The van der Waals surface area contributed by atoms with Crippen LogP contribution in [0.25, 0.3) is 22.2 Å². The molecule has 0 amide bonds. The summed E-state index contributed by atoms with van der Waals surface area (Å²) >= 11 is 4.10. The Kier molecular flexibility index (Phi) is 5.37. The predicted octanol–water partition coefficient (Wildman–Crippen LogP) is 2.88. The summed E-state index contributed by atoms with van der Waals surface area (Å²) in [6.45, 7) is 1.55. The lowest BCUT2D eigenvalue weighted by Crippen LogP contribution is -2.28. The molecule has 0 radical (unpaired) electrons. The Labute approximate surface area is 163 Å². The first kappa shape index (κ1) is 18.3. The largest absolute Gasteiger partial charge is 0.360 e. The van der Waals surface area contributed by atoms with Crippen molar-refractivity contribution < 1.29 is 12.9 Å². The molecule has 3 heterocycles. The molecule has 0 aliphatic carbocycles. The lowest BCUT2D eigenvalue weighted by molar-refractivity contribution is 0.154. The van der Waals surface area contributed by atoms with Crippen LogP contribution >= 0.6 is 11.6 Å². The minimum absolute atomic E-state index is 0.114. The Bertz CT molecular complexity index is 982. The Morgan fingerprint density at radius 3 is 3.15 bits per heavy atom. The number of H-pyrrole nitrogens is 1. The molecule has 1 aromatic carbocycles. The third-order valence-corrected chi connectivity index (χ3v) is 5.11. The SMILES string of the molecule is O=S(O)OCN1CCC(Nc2ncc(Cl)c(-c3c[nH]c4ccccc34)n2)C1. The molecule has 142 valence electrons. The average Bonchev–Trinajstić information content (AvgIpc) is 3.28. The number of halogens is 1. The van der Waals surface area contributed by atoms with Gasteiger partial charge in [-0.15, -0.1) is 0 Å². The number of para-hydroxylation sites is 1. The Balaban J connectivity index is 1.51. The fraction of sp³-hybridized carbons (Fsp3) is 0.294. The highest BCUT2D eigenvalue weighted by atomic mass is 35.5. The number of nitrogens with zero attached hydrogens (tertiary/aromatic N) is 3. The Hall–Kier alpha value is -2.04. The summed E-state index contributed by atoms with van der Waals surface area (Å²) in [5.74, 6) is 0.498. The van der Waals surface area contributed by atoms with Gasteiger partial charge in [-0.1, -0.05) is 29.8 Å². The maximum absolute atomic E-state index is 10.6. The van der Waals surface area contributed by atoms with Crippen molar-refractivity contribution >= 4 is 39.8 Å². The van der Waals surface area contributed by atoms with Crippen LogP contribution in [0.2, 0.25) is 5.02 Å². The number of hydrogen-bond donors (Lipinski definition) is 3. The molecule has 27 heavy (non-hydrogen) atoms. The van der Waals surface area contributed by atoms with Crippen LogP contribution in [0.1, 0.15) is 6.42 Å². The van der Waals surface area contributed by atoms with Crippen LogP contribution in [0.5, 0.6) is 0 Å². The summed E-state index contributed by atoms with van der Waals surface area (Å²) < 4.78 is 24.0. The molecule has 1 fully saturated rings. The van der Waals surface area contributed by atoms with Gasteiger partial charge in [0.05, 0.1) is 16.9 Å². The molecular weight excluding hydrogens is 390 g/mol. The molecule has 10 heteroatoms. The first-order valence-corrected chi connectivity index (χ1v) is 9.83. The number of benzene rings is 1. The summed E-state index contributed by atoms with van der Waals surface area (Å²) in [6, 6.07) is 8.09. The summed E-state index contributed by atoms with van der Waals surface area (Å²) in [6.07, 6.45) is 4.35. The van der Waals surface area contributed by atoms with E-state index in [1.807, 2.05) is 35.4 Å². The first-order valence-electron chi connectivity index (χ1n) is 8.42. The molecule has 2 unspecified atom stereocenters. The van der Waals surface area contributed by atoms with E-state index in [1.54, 1.807) is 6.20 Å². The average molecular weight is 408 g/mol. The fourth-order valence-electron chi connectivity index (χ4n) is 3.26. The second kappa shape index (κ2) is 7.91. The number of hydrogen-bond acceptors (Lipinski definition) is 6. The molecule has 0 spiro atoms. The number of anilines is 1. The van der Waals surface area contributed by atoms with E-state index in [0.717, 1.165) is 29.4 Å². The van der Waals surface area contributed by atoms with Gasteiger partial charge in [0.2, 0.25) is 5.95 Å². The van der Waals surface area contributed by atoms with Crippen molar-refractivity contribution in [3.8, 4) is 11.3 Å². The van der Waals surface area contributed by atoms with E-state index in [9.17, 15) is 4.21 Å². The van der Waals surface area contributed by atoms with Crippen LogP contribution in [0.3, 0.4) is 0 Å². The molecule has 3 N–H and O–H groups in total. The van der Waals surface area contributed by atoms with Crippen molar-refractivity contribution in [1.82, 2.24) is 19.9 Å². The van der Waals surface area contributed by atoms with Crippen molar-refractivity contribution in [2.45, 2.75) is 12.5 Å². The molecule has 2 atom stereocenters. The van der Waals surface area contributed by atoms with Crippen LogP contribution in [0.4, 0.5) is 5.95 Å². The predicted molar refractivity (Wildman–Crippen MR) is 105 cm³/mol. The van der Waals surface area contributed by atoms with Gasteiger partial charge in [-0.25, -0.2) is 9.97 Å². The molecule has 4 rings (SSSR count). The van der Waals surface area contributed by atoms with Gasteiger partial charge in [0.1, 0.15) is 6.73 Å². The molecule has 2 aromatic heterocycles. The molecule has 3 aromatic rings. The topological polar surface area (TPSA) is 103 Å². The quantitative estimate of drug-likeness (QED) is 0.540. The van der Waals surface area contributed by atoms with Crippen molar-refractivity contribution in [2.24, 2.45) is 0 Å². The minimum Gasteiger partial charge on any atom is -0.360 e. The van der Waals surface area contributed by atoms with Crippen molar-refractivity contribution in [3.63, 3.8) is 0 Å². The second-order valence-electron chi connectivity index (χ2n) is 6.31. The highest BCUT2D eigenvalue weighted by Crippen LogP contribution is 2.32. The number of likely N-dealkylation sites (tertiary alicyclic amines) is 1. The standard InChI is InChI=1S/C17H18ClN5O3S/c18-14-8-20-17(21-11-5-6-23(9-11)10-26-27(24)25)22-16(14)13-7-19-15-4-2-1-3-12(13)15/h1-4,7-8,11,19H,5-6,9-10H2,(H,24,25)(H,20,21,22). The van der Waals surface area contributed by atoms with Crippen molar-refractivity contribution in [1.29, 1.82) is 0 Å². The Morgan fingerprint density at radius 2 is 2.30 bits per heavy atom. The lowest BCUT2D eigenvalue weighted by Gasteiger charge is -2.15. The van der Waals surface area contributed by atoms with Crippen molar-refractivity contribution in [3.05, 3.63) is 41.7 Å². The molecule has 8 nitrogen and oxygen atoms in total. The van der Waals surface area contributed by atoms with Crippen LogP contribution < -0.4 is 5.32 Å². The number of aromatic amines is 1. The van der Waals surface area contributed by atoms with E-state index in [4.69, 9.17) is 20.3 Å². The van der Waals surface area contributed by atoms with E-state index in [-0.39, 0.29) is 12.8 Å². The fourth-order valence-corrected chi connectivity index (χ4v) is 3.70. The van der Waals surface area contributed by atoms with Gasteiger partial charge in [-0.2, -0.15) is 4.21 Å². The van der Waals surface area contributed by atoms with Gasteiger partial charge >= 0.3 is 11.4 Å². The second-order valence-corrected chi connectivity index (χ2v) is 7.39. The van der Waals surface area contributed by atoms with E-state index >= 15 is 0 Å². The van der Waals surface area contributed by atoms with Crippen LogP contribution in [0, 0.1) is 0 Å². The monoisotopic (exact) mass is 407 g/mol.